The number of carbonyl (C=O) groups excluding carboxylic acids is 1. The highest BCUT2D eigenvalue weighted by Gasteiger charge is 2.12. The summed E-state index contributed by atoms with van der Waals surface area (Å²) in [5.74, 6) is 1.04. The normalized spacial score (nSPS) is 11.0. The maximum Gasteiger partial charge on any atom is 0.246 e. The van der Waals surface area contributed by atoms with Crippen LogP contribution in [0.25, 0.3) is 17.1 Å². The Balaban J connectivity index is 1.99. The van der Waals surface area contributed by atoms with E-state index in [1.807, 2.05) is 30.3 Å². The Bertz CT molecular complexity index is 853. The van der Waals surface area contributed by atoms with Gasteiger partial charge in [0.1, 0.15) is 17.7 Å². The first-order valence-corrected chi connectivity index (χ1v) is 7.09. The molecule has 0 aliphatic rings. The van der Waals surface area contributed by atoms with E-state index in [0.29, 0.717) is 17.3 Å². The van der Waals surface area contributed by atoms with Gasteiger partial charge < -0.3 is 14.6 Å². The average Bonchev–Trinajstić information content (AvgIpc) is 2.98. The highest BCUT2D eigenvalue weighted by atomic mass is 16.5. The van der Waals surface area contributed by atoms with Gasteiger partial charge in [-0.3, -0.25) is 4.79 Å². The summed E-state index contributed by atoms with van der Waals surface area (Å²) in [6, 6.07) is 9.40. The molecule has 0 aliphatic carbocycles. The van der Waals surface area contributed by atoms with Crippen molar-refractivity contribution in [2.45, 2.75) is 0 Å². The Kier molecular flexibility index (Phi) is 4.05. The molecular weight excluding hydrogens is 292 g/mol. The fourth-order valence-electron chi connectivity index (χ4n) is 2.08. The highest BCUT2D eigenvalue weighted by Crippen LogP contribution is 2.29. The van der Waals surface area contributed by atoms with Gasteiger partial charge in [-0.05, 0) is 18.2 Å². The van der Waals surface area contributed by atoms with Gasteiger partial charge in [-0.15, -0.1) is 0 Å². The molecule has 0 saturated heterocycles. The number of H-pyrrole nitrogens is 1. The van der Waals surface area contributed by atoms with Crippen molar-refractivity contribution in [3.05, 3.63) is 54.5 Å². The molecule has 0 unspecified atom stereocenters. The Labute approximate surface area is 133 Å². The molecule has 0 atom stereocenters. The third-order valence-corrected chi connectivity index (χ3v) is 3.27. The second-order valence-electron chi connectivity index (χ2n) is 5.13. The van der Waals surface area contributed by atoms with Gasteiger partial charge in [0, 0.05) is 31.9 Å². The van der Waals surface area contributed by atoms with E-state index >= 15 is 0 Å². The number of carbonyl (C=O) groups is 1. The third-order valence-electron chi connectivity index (χ3n) is 3.27. The van der Waals surface area contributed by atoms with Crippen LogP contribution in [0.15, 0.2) is 48.9 Å². The summed E-state index contributed by atoms with van der Waals surface area (Å²) in [4.78, 5) is 24.7. The standard InChI is InChI=1S/C17H16N4O2/c1-21(2)14(22)9-8-12-10-18-16-15(12)17(20-11-19-16)23-13-6-4-3-5-7-13/h3-11H,1-2H3,(H,18,19,20). The summed E-state index contributed by atoms with van der Waals surface area (Å²) in [6.07, 6.45) is 6.44. The number of benzene rings is 1. The number of nitrogens with zero attached hydrogens (tertiary/aromatic N) is 3. The largest absolute Gasteiger partial charge is 0.438 e. The van der Waals surface area contributed by atoms with Gasteiger partial charge in [-0.25, -0.2) is 9.97 Å². The van der Waals surface area contributed by atoms with E-state index in [0.717, 1.165) is 10.9 Å². The van der Waals surface area contributed by atoms with Crippen molar-refractivity contribution in [2.24, 2.45) is 0 Å². The van der Waals surface area contributed by atoms with Crippen molar-refractivity contribution in [1.82, 2.24) is 19.9 Å². The maximum atomic E-state index is 11.7. The van der Waals surface area contributed by atoms with E-state index in [-0.39, 0.29) is 5.91 Å². The fraction of sp³-hybridized carbons (Fsp3) is 0.118. The van der Waals surface area contributed by atoms with Crippen LogP contribution in [0.1, 0.15) is 5.56 Å². The summed E-state index contributed by atoms with van der Waals surface area (Å²) in [5, 5.41) is 0.735. The van der Waals surface area contributed by atoms with Crippen LogP contribution >= 0.6 is 0 Å². The number of ether oxygens (including phenoxy) is 1. The number of rotatable bonds is 4. The highest BCUT2D eigenvalue weighted by molar-refractivity contribution is 5.96. The number of fused-ring (bicyclic) bond motifs is 1. The SMILES string of the molecule is CN(C)C(=O)C=Cc1c[nH]c2ncnc(Oc3ccccc3)c12. The molecule has 1 amide bonds. The monoisotopic (exact) mass is 308 g/mol. The van der Waals surface area contributed by atoms with Crippen molar-refractivity contribution in [2.75, 3.05) is 14.1 Å². The predicted octanol–water partition coefficient (Wildman–Crippen LogP) is 2.85. The average molecular weight is 308 g/mol. The van der Waals surface area contributed by atoms with E-state index in [2.05, 4.69) is 15.0 Å². The Hall–Kier alpha value is -3.15. The van der Waals surface area contributed by atoms with Gasteiger partial charge in [0.15, 0.2) is 0 Å². The van der Waals surface area contributed by atoms with Crippen molar-refractivity contribution >= 4 is 23.0 Å². The number of aromatic amines is 1. The van der Waals surface area contributed by atoms with Gasteiger partial charge >= 0.3 is 0 Å². The first-order chi connectivity index (χ1) is 11.1. The molecule has 1 N–H and O–H groups in total. The third kappa shape index (κ3) is 3.21. The number of para-hydroxylation sites is 1. The van der Waals surface area contributed by atoms with Crippen LogP contribution in [0.2, 0.25) is 0 Å². The van der Waals surface area contributed by atoms with Crippen LogP contribution in [0.5, 0.6) is 11.6 Å². The minimum atomic E-state index is -0.0956. The van der Waals surface area contributed by atoms with E-state index in [1.165, 1.54) is 17.3 Å². The van der Waals surface area contributed by atoms with Gasteiger partial charge in [0.2, 0.25) is 11.8 Å². The topological polar surface area (TPSA) is 71.1 Å². The van der Waals surface area contributed by atoms with Crippen molar-refractivity contribution in [3.63, 3.8) is 0 Å². The van der Waals surface area contributed by atoms with Gasteiger partial charge in [0.05, 0.1) is 5.39 Å². The van der Waals surface area contributed by atoms with Crippen LogP contribution < -0.4 is 4.74 Å². The lowest BCUT2D eigenvalue weighted by molar-refractivity contribution is -0.123. The fourth-order valence-corrected chi connectivity index (χ4v) is 2.08. The van der Waals surface area contributed by atoms with E-state index in [1.54, 1.807) is 26.4 Å². The molecule has 6 heteroatoms. The molecule has 0 fully saturated rings. The lowest BCUT2D eigenvalue weighted by Gasteiger charge is -2.06. The summed E-state index contributed by atoms with van der Waals surface area (Å²) >= 11 is 0. The predicted molar refractivity (Wildman–Crippen MR) is 88.1 cm³/mol. The Morgan fingerprint density at radius 2 is 2.00 bits per heavy atom. The number of likely N-dealkylation sites (N-methyl/N-ethyl adjacent to an activating group) is 1. The van der Waals surface area contributed by atoms with Gasteiger partial charge in [-0.2, -0.15) is 0 Å². The molecular formula is C17H16N4O2. The van der Waals surface area contributed by atoms with Crippen molar-refractivity contribution in [3.8, 4) is 11.6 Å². The molecule has 1 aromatic carbocycles. The van der Waals surface area contributed by atoms with E-state index < -0.39 is 0 Å². The van der Waals surface area contributed by atoms with Gasteiger partial charge in [0.25, 0.3) is 0 Å². The zero-order chi connectivity index (χ0) is 16.2. The number of hydrogen-bond acceptors (Lipinski definition) is 4. The van der Waals surface area contributed by atoms with Crippen LogP contribution in [-0.4, -0.2) is 39.9 Å². The van der Waals surface area contributed by atoms with Crippen molar-refractivity contribution in [1.29, 1.82) is 0 Å². The van der Waals surface area contributed by atoms with Crippen LogP contribution in [0.4, 0.5) is 0 Å². The summed E-state index contributed by atoms with van der Waals surface area (Å²) < 4.78 is 5.84. The number of hydrogen-bond donors (Lipinski definition) is 1. The molecule has 0 spiro atoms. The molecule has 23 heavy (non-hydrogen) atoms. The van der Waals surface area contributed by atoms with Crippen LogP contribution in [0.3, 0.4) is 0 Å². The second-order valence-corrected chi connectivity index (χ2v) is 5.13. The zero-order valence-corrected chi connectivity index (χ0v) is 12.9. The van der Waals surface area contributed by atoms with Crippen molar-refractivity contribution < 1.29 is 9.53 Å². The first-order valence-electron chi connectivity index (χ1n) is 7.09. The molecule has 0 saturated carbocycles. The van der Waals surface area contributed by atoms with E-state index in [4.69, 9.17) is 4.74 Å². The van der Waals surface area contributed by atoms with E-state index in [9.17, 15) is 4.79 Å². The lowest BCUT2D eigenvalue weighted by Crippen LogP contribution is -2.18. The lowest BCUT2D eigenvalue weighted by atomic mass is 10.2. The van der Waals surface area contributed by atoms with Crippen LogP contribution in [0, 0.1) is 0 Å². The smallest absolute Gasteiger partial charge is 0.246 e. The number of amides is 1. The molecule has 0 bridgehead atoms. The quantitative estimate of drug-likeness (QED) is 0.752. The molecule has 3 rings (SSSR count). The number of nitrogens with one attached hydrogen (secondary N) is 1. The summed E-state index contributed by atoms with van der Waals surface area (Å²) in [6.45, 7) is 0. The zero-order valence-electron chi connectivity index (χ0n) is 12.9. The summed E-state index contributed by atoms with van der Waals surface area (Å²) in [5.41, 5.74) is 1.45. The molecule has 0 aliphatic heterocycles. The minimum Gasteiger partial charge on any atom is -0.438 e. The first kappa shape index (κ1) is 14.8. The molecule has 6 nitrogen and oxygen atoms in total. The molecule has 0 radical (unpaired) electrons. The second kappa shape index (κ2) is 6.31. The maximum absolute atomic E-state index is 11.7. The number of aromatic nitrogens is 3. The van der Waals surface area contributed by atoms with Gasteiger partial charge in [-0.1, -0.05) is 18.2 Å². The summed E-state index contributed by atoms with van der Waals surface area (Å²) in [7, 11) is 3.41. The van der Waals surface area contributed by atoms with Crippen LogP contribution in [-0.2, 0) is 4.79 Å². The minimum absolute atomic E-state index is 0.0956. The molecule has 2 heterocycles. The Morgan fingerprint density at radius 3 is 2.74 bits per heavy atom. The molecule has 116 valence electrons. The molecule has 3 aromatic rings. The Morgan fingerprint density at radius 1 is 1.22 bits per heavy atom. The molecule has 2 aromatic heterocycles.